The van der Waals surface area contributed by atoms with Crippen LogP contribution in [0.5, 0.6) is 5.75 Å². The number of carbonyl (C=O) groups is 2. The second-order valence-electron chi connectivity index (χ2n) is 5.63. The Hall–Kier alpha value is -1.88. The summed E-state index contributed by atoms with van der Waals surface area (Å²) in [5.41, 5.74) is 0.673. The molecule has 0 radical (unpaired) electrons. The molecule has 2 N–H and O–H groups in total. The van der Waals surface area contributed by atoms with Crippen LogP contribution in [0.2, 0.25) is 0 Å². The smallest absolute Gasteiger partial charge is 0.220 e. The summed E-state index contributed by atoms with van der Waals surface area (Å²) >= 11 is 0. The van der Waals surface area contributed by atoms with Gasteiger partial charge in [0.05, 0.1) is 6.61 Å². The summed E-state index contributed by atoms with van der Waals surface area (Å²) in [5.74, 6) is 0.838. The van der Waals surface area contributed by atoms with E-state index in [0.717, 1.165) is 18.7 Å². The molecule has 1 aliphatic rings. The highest BCUT2D eigenvalue weighted by atomic mass is 16.5. The fraction of sp³-hybridized carbons (Fsp3) is 0.529. The summed E-state index contributed by atoms with van der Waals surface area (Å²) in [6.07, 6.45) is 3.48. The molecule has 0 aliphatic carbocycles. The van der Waals surface area contributed by atoms with E-state index in [1.54, 1.807) is 24.3 Å². The van der Waals surface area contributed by atoms with E-state index in [1.807, 2.05) is 0 Å². The number of amides is 1. The predicted octanol–water partition coefficient (Wildman–Crippen LogP) is 1.92. The van der Waals surface area contributed by atoms with Crippen molar-refractivity contribution in [1.82, 2.24) is 10.6 Å². The molecular weight excluding hydrogens is 280 g/mol. The van der Waals surface area contributed by atoms with Crippen LogP contribution in [0.3, 0.4) is 0 Å². The van der Waals surface area contributed by atoms with Crippen molar-refractivity contribution < 1.29 is 14.3 Å². The van der Waals surface area contributed by atoms with Crippen LogP contribution in [-0.4, -0.2) is 37.4 Å². The number of carbonyl (C=O) groups excluding carboxylic acids is 2. The second kappa shape index (κ2) is 8.54. The van der Waals surface area contributed by atoms with E-state index in [-0.39, 0.29) is 11.7 Å². The number of hydrogen-bond donors (Lipinski definition) is 2. The molecule has 5 nitrogen and oxygen atoms in total. The molecule has 5 heteroatoms. The van der Waals surface area contributed by atoms with Crippen LogP contribution in [0, 0.1) is 0 Å². The van der Waals surface area contributed by atoms with Crippen LogP contribution >= 0.6 is 0 Å². The van der Waals surface area contributed by atoms with E-state index >= 15 is 0 Å². The zero-order valence-corrected chi connectivity index (χ0v) is 13.1. The van der Waals surface area contributed by atoms with E-state index in [9.17, 15) is 9.59 Å². The Morgan fingerprint density at radius 3 is 2.73 bits per heavy atom. The summed E-state index contributed by atoms with van der Waals surface area (Å²) in [4.78, 5) is 22.9. The Morgan fingerprint density at radius 1 is 1.32 bits per heavy atom. The van der Waals surface area contributed by atoms with E-state index in [4.69, 9.17) is 4.74 Å². The first kappa shape index (κ1) is 16.5. The maximum Gasteiger partial charge on any atom is 0.220 e. The molecule has 0 saturated carbocycles. The third-order valence-corrected chi connectivity index (χ3v) is 3.79. The first-order chi connectivity index (χ1) is 10.6. The lowest BCUT2D eigenvalue weighted by Gasteiger charge is -2.11. The Kier molecular flexibility index (Phi) is 6.40. The molecule has 2 rings (SSSR count). The fourth-order valence-corrected chi connectivity index (χ4v) is 2.46. The number of hydrogen-bond acceptors (Lipinski definition) is 4. The van der Waals surface area contributed by atoms with Gasteiger partial charge in [0, 0.05) is 24.6 Å². The molecule has 0 aromatic heterocycles. The van der Waals surface area contributed by atoms with Gasteiger partial charge in [-0.05, 0) is 57.0 Å². The standard InChI is InChI=1S/C17H24N2O3/c1-13(20)14-6-8-16(9-7-14)22-11-3-5-17(21)19-12-15-4-2-10-18-15/h6-9,15,18H,2-5,10-12H2,1H3,(H,19,21). The number of benzene rings is 1. The monoisotopic (exact) mass is 304 g/mol. The minimum Gasteiger partial charge on any atom is -0.494 e. The molecule has 1 fully saturated rings. The maximum atomic E-state index is 11.7. The second-order valence-corrected chi connectivity index (χ2v) is 5.63. The van der Waals surface area contributed by atoms with Crippen molar-refractivity contribution in [3.8, 4) is 5.75 Å². The first-order valence-electron chi connectivity index (χ1n) is 7.89. The molecule has 1 unspecified atom stereocenters. The zero-order valence-electron chi connectivity index (χ0n) is 13.1. The average Bonchev–Trinajstić information content (AvgIpc) is 3.03. The molecule has 1 aromatic carbocycles. The normalized spacial score (nSPS) is 17.2. The van der Waals surface area contributed by atoms with E-state index < -0.39 is 0 Å². The highest BCUT2D eigenvalue weighted by Crippen LogP contribution is 2.13. The number of rotatable bonds is 8. The molecule has 1 saturated heterocycles. The molecule has 1 aromatic rings. The number of ketones is 1. The molecule has 1 amide bonds. The quantitative estimate of drug-likeness (QED) is 0.569. The van der Waals surface area contributed by atoms with Gasteiger partial charge in [0.2, 0.25) is 5.91 Å². The van der Waals surface area contributed by atoms with Crippen LogP contribution in [0.25, 0.3) is 0 Å². The van der Waals surface area contributed by atoms with Gasteiger partial charge in [-0.2, -0.15) is 0 Å². The van der Waals surface area contributed by atoms with E-state index in [0.29, 0.717) is 37.6 Å². The van der Waals surface area contributed by atoms with Crippen LogP contribution < -0.4 is 15.4 Å². The fourth-order valence-electron chi connectivity index (χ4n) is 2.46. The lowest BCUT2D eigenvalue weighted by molar-refractivity contribution is -0.121. The van der Waals surface area contributed by atoms with Gasteiger partial charge in [0.15, 0.2) is 5.78 Å². The molecule has 1 atom stereocenters. The van der Waals surface area contributed by atoms with E-state index in [2.05, 4.69) is 10.6 Å². The molecule has 120 valence electrons. The predicted molar refractivity (Wildman–Crippen MR) is 85.2 cm³/mol. The third kappa shape index (κ3) is 5.48. The zero-order chi connectivity index (χ0) is 15.8. The minimum atomic E-state index is 0.0416. The average molecular weight is 304 g/mol. The van der Waals surface area contributed by atoms with Gasteiger partial charge in [-0.15, -0.1) is 0 Å². The Balaban J connectivity index is 1.57. The van der Waals surface area contributed by atoms with Crippen molar-refractivity contribution in [2.24, 2.45) is 0 Å². The molecule has 0 bridgehead atoms. The van der Waals surface area contributed by atoms with Gasteiger partial charge in [0.25, 0.3) is 0 Å². The minimum absolute atomic E-state index is 0.0416. The van der Waals surface area contributed by atoms with Gasteiger partial charge < -0.3 is 15.4 Å². The van der Waals surface area contributed by atoms with Crippen molar-refractivity contribution in [3.05, 3.63) is 29.8 Å². The van der Waals surface area contributed by atoms with Crippen molar-refractivity contribution in [2.45, 2.75) is 38.6 Å². The third-order valence-electron chi connectivity index (χ3n) is 3.79. The molecule has 22 heavy (non-hydrogen) atoms. The van der Waals surface area contributed by atoms with Crippen LogP contribution in [0.1, 0.15) is 43.0 Å². The summed E-state index contributed by atoms with van der Waals surface area (Å²) in [5, 5.41) is 6.30. The summed E-state index contributed by atoms with van der Waals surface area (Å²) < 4.78 is 5.57. The van der Waals surface area contributed by atoms with Crippen LogP contribution in [-0.2, 0) is 4.79 Å². The molecule has 1 aliphatic heterocycles. The van der Waals surface area contributed by atoms with Gasteiger partial charge in [-0.3, -0.25) is 9.59 Å². The van der Waals surface area contributed by atoms with Gasteiger partial charge in [0.1, 0.15) is 5.75 Å². The highest BCUT2D eigenvalue weighted by Gasteiger charge is 2.14. The van der Waals surface area contributed by atoms with Gasteiger partial charge in [-0.25, -0.2) is 0 Å². The topological polar surface area (TPSA) is 67.4 Å². The van der Waals surface area contributed by atoms with Crippen molar-refractivity contribution in [3.63, 3.8) is 0 Å². The lowest BCUT2D eigenvalue weighted by Crippen LogP contribution is -2.37. The van der Waals surface area contributed by atoms with Gasteiger partial charge >= 0.3 is 0 Å². The highest BCUT2D eigenvalue weighted by molar-refractivity contribution is 5.94. The molecule has 1 heterocycles. The van der Waals surface area contributed by atoms with Gasteiger partial charge in [-0.1, -0.05) is 0 Å². The summed E-state index contributed by atoms with van der Waals surface area (Å²) in [6.45, 7) is 3.80. The Labute approximate surface area is 131 Å². The molecule has 0 spiro atoms. The number of nitrogens with one attached hydrogen (secondary N) is 2. The number of Topliss-reactive ketones (excluding diaryl/α,β-unsaturated/α-hetero) is 1. The number of ether oxygens (including phenoxy) is 1. The molecular formula is C17H24N2O3. The van der Waals surface area contributed by atoms with Crippen LogP contribution in [0.15, 0.2) is 24.3 Å². The first-order valence-corrected chi connectivity index (χ1v) is 7.89. The SMILES string of the molecule is CC(=O)c1ccc(OCCCC(=O)NCC2CCCN2)cc1. The summed E-state index contributed by atoms with van der Waals surface area (Å²) in [7, 11) is 0. The Bertz CT molecular complexity index is 493. The maximum absolute atomic E-state index is 11.7. The lowest BCUT2D eigenvalue weighted by atomic mass is 10.1. The van der Waals surface area contributed by atoms with Crippen molar-refractivity contribution in [1.29, 1.82) is 0 Å². The summed E-state index contributed by atoms with van der Waals surface area (Å²) in [6, 6.07) is 7.49. The van der Waals surface area contributed by atoms with Crippen molar-refractivity contribution in [2.75, 3.05) is 19.7 Å². The van der Waals surface area contributed by atoms with Crippen LogP contribution in [0.4, 0.5) is 0 Å². The van der Waals surface area contributed by atoms with E-state index in [1.165, 1.54) is 13.3 Å². The Morgan fingerprint density at radius 2 is 2.09 bits per heavy atom. The van der Waals surface area contributed by atoms with Crippen molar-refractivity contribution >= 4 is 11.7 Å². The largest absolute Gasteiger partial charge is 0.494 e.